The summed E-state index contributed by atoms with van der Waals surface area (Å²) in [6.45, 7) is 0. The first-order valence-electron chi connectivity index (χ1n) is 6.58. The Bertz CT molecular complexity index is 824. The molecule has 0 radical (unpaired) electrons. The van der Waals surface area contributed by atoms with Crippen LogP contribution in [0.15, 0.2) is 53.3 Å². The monoisotopic (exact) mass is 296 g/mol. The number of nitro groups is 1. The molecule has 6 nitrogen and oxygen atoms in total. The van der Waals surface area contributed by atoms with Crippen molar-refractivity contribution in [2.45, 2.75) is 6.42 Å². The SMILES string of the molecule is NC(=O)Cc1c2ccocc-2c(-c2ccccc2)c1[N+](=O)[O-]. The van der Waals surface area contributed by atoms with E-state index >= 15 is 0 Å². The zero-order chi connectivity index (χ0) is 15.7. The van der Waals surface area contributed by atoms with E-state index in [9.17, 15) is 14.9 Å². The zero-order valence-electron chi connectivity index (χ0n) is 11.5. The number of hydrogen-bond donors (Lipinski definition) is 1. The number of amides is 1. The van der Waals surface area contributed by atoms with E-state index in [-0.39, 0.29) is 12.1 Å². The molecule has 0 unspecified atom stereocenters. The van der Waals surface area contributed by atoms with E-state index in [1.54, 1.807) is 30.3 Å². The predicted molar refractivity (Wildman–Crippen MR) is 80.3 cm³/mol. The van der Waals surface area contributed by atoms with Gasteiger partial charge in [0.05, 0.1) is 29.4 Å². The molecule has 1 amide bonds. The van der Waals surface area contributed by atoms with Crippen LogP contribution >= 0.6 is 0 Å². The van der Waals surface area contributed by atoms with Crippen LogP contribution in [-0.2, 0) is 11.2 Å². The molecule has 0 atom stereocenters. The van der Waals surface area contributed by atoms with Gasteiger partial charge in [-0.05, 0) is 17.2 Å². The van der Waals surface area contributed by atoms with Crippen molar-refractivity contribution in [1.82, 2.24) is 0 Å². The standard InChI is InChI=1S/C16H12N2O4/c17-14(19)8-12-11-6-7-22-9-13(11)15(16(12)18(20)21)10-4-2-1-3-5-10/h1-7,9H,8H2,(H2,17,19). The van der Waals surface area contributed by atoms with Crippen molar-refractivity contribution in [2.75, 3.05) is 0 Å². The fourth-order valence-corrected chi connectivity index (χ4v) is 2.68. The Morgan fingerprint density at radius 2 is 1.91 bits per heavy atom. The van der Waals surface area contributed by atoms with E-state index in [1.807, 2.05) is 6.07 Å². The fraction of sp³-hybridized carbons (Fsp3) is 0.0625. The highest BCUT2D eigenvalue weighted by atomic mass is 16.6. The Kier molecular flexibility index (Phi) is 3.34. The molecular formula is C16H12N2O4. The molecule has 1 heterocycles. The van der Waals surface area contributed by atoms with E-state index in [0.717, 1.165) is 0 Å². The zero-order valence-corrected chi connectivity index (χ0v) is 11.5. The maximum Gasteiger partial charge on any atom is 0.282 e. The topological polar surface area (TPSA) is 99.4 Å². The van der Waals surface area contributed by atoms with Crippen LogP contribution in [0.25, 0.3) is 22.3 Å². The lowest BCUT2D eigenvalue weighted by Gasteiger charge is -2.02. The van der Waals surface area contributed by atoms with Gasteiger partial charge in [-0.15, -0.1) is 0 Å². The Morgan fingerprint density at radius 1 is 1.18 bits per heavy atom. The molecule has 2 N–H and O–H groups in total. The van der Waals surface area contributed by atoms with Gasteiger partial charge in [-0.1, -0.05) is 30.3 Å². The van der Waals surface area contributed by atoms with Gasteiger partial charge < -0.3 is 10.2 Å². The largest absolute Gasteiger partial charge is 0.472 e. The normalized spacial score (nSPS) is 10.7. The van der Waals surface area contributed by atoms with Crippen molar-refractivity contribution in [3.05, 3.63) is 64.6 Å². The number of carbonyl (C=O) groups is 1. The Labute approximate surface area is 125 Å². The summed E-state index contributed by atoms with van der Waals surface area (Å²) < 4.78 is 5.17. The molecule has 110 valence electrons. The number of benzene rings is 1. The van der Waals surface area contributed by atoms with Gasteiger partial charge in [-0.2, -0.15) is 0 Å². The Hall–Kier alpha value is -3.15. The van der Waals surface area contributed by atoms with Gasteiger partial charge in [-0.25, -0.2) is 0 Å². The first kappa shape index (κ1) is 13.8. The number of hydrogen-bond acceptors (Lipinski definition) is 4. The summed E-state index contributed by atoms with van der Waals surface area (Å²) in [5, 5.41) is 11.6. The molecule has 1 aromatic rings. The minimum absolute atomic E-state index is 0.0959. The van der Waals surface area contributed by atoms with E-state index < -0.39 is 10.8 Å². The summed E-state index contributed by atoms with van der Waals surface area (Å²) in [5.41, 5.74) is 7.81. The first-order valence-corrected chi connectivity index (χ1v) is 6.58. The molecule has 3 rings (SSSR count). The number of rotatable bonds is 4. The minimum Gasteiger partial charge on any atom is -0.472 e. The first-order chi connectivity index (χ1) is 10.6. The third-order valence-corrected chi connectivity index (χ3v) is 3.50. The van der Waals surface area contributed by atoms with Crippen LogP contribution in [0, 0.1) is 10.1 Å². The van der Waals surface area contributed by atoms with Crippen LogP contribution in [0.1, 0.15) is 5.56 Å². The molecule has 1 aliphatic carbocycles. The van der Waals surface area contributed by atoms with Crippen LogP contribution in [-0.4, -0.2) is 10.8 Å². The molecule has 2 aliphatic rings. The molecule has 6 heteroatoms. The smallest absolute Gasteiger partial charge is 0.282 e. The molecule has 1 aliphatic heterocycles. The third-order valence-electron chi connectivity index (χ3n) is 3.50. The van der Waals surface area contributed by atoms with Gasteiger partial charge in [-0.3, -0.25) is 14.9 Å². The van der Waals surface area contributed by atoms with Crippen molar-refractivity contribution in [1.29, 1.82) is 0 Å². The second kappa shape index (κ2) is 5.33. The van der Waals surface area contributed by atoms with Crippen LogP contribution in [0.4, 0.5) is 5.69 Å². The number of fused-ring (bicyclic) bond motifs is 1. The highest BCUT2D eigenvalue weighted by molar-refractivity contribution is 5.99. The molecule has 22 heavy (non-hydrogen) atoms. The average molecular weight is 296 g/mol. The third kappa shape index (κ3) is 2.20. The summed E-state index contributed by atoms with van der Waals surface area (Å²) in [5.74, 6) is -0.615. The van der Waals surface area contributed by atoms with Crippen molar-refractivity contribution in [2.24, 2.45) is 5.73 Å². The van der Waals surface area contributed by atoms with Crippen molar-refractivity contribution < 1.29 is 14.1 Å². The van der Waals surface area contributed by atoms with Crippen LogP contribution in [0.2, 0.25) is 0 Å². The summed E-state index contributed by atoms with van der Waals surface area (Å²) in [4.78, 5) is 22.4. The molecular weight excluding hydrogens is 284 g/mol. The quantitative estimate of drug-likeness (QED) is 0.590. The minimum atomic E-state index is -0.615. The van der Waals surface area contributed by atoms with Gasteiger partial charge in [0.15, 0.2) is 0 Å². The second-order valence-corrected chi connectivity index (χ2v) is 4.85. The maximum absolute atomic E-state index is 11.6. The molecule has 0 aromatic heterocycles. The van der Waals surface area contributed by atoms with Gasteiger partial charge in [0.25, 0.3) is 5.69 Å². The van der Waals surface area contributed by atoms with E-state index in [0.29, 0.717) is 27.8 Å². The lowest BCUT2D eigenvalue weighted by Crippen LogP contribution is -2.14. The molecule has 0 saturated carbocycles. The summed E-state index contributed by atoms with van der Waals surface area (Å²) in [7, 11) is 0. The van der Waals surface area contributed by atoms with Crippen molar-refractivity contribution in [3.8, 4) is 22.3 Å². The van der Waals surface area contributed by atoms with Gasteiger partial charge in [0.1, 0.15) is 0 Å². The number of carbonyl (C=O) groups excluding carboxylic acids is 1. The van der Waals surface area contributed by atoms with Gasteiger partial charge in [0, 0.05) is 11.1 Å². The van der Waals surface area contributed by atoms with Crippen LogP contribution in [0.3, 0.4) is 0 Å². The van der Waals surface area contributed by atoms with Crippen LogP contribution in [0.5, 0.6) is 0 Å². The molecule has 0 bridgehead atoms. The molecule has 0 fully saturated rings. The number of nitrogens with two attached hydrogens (primary N) is 1. The number of primary amides is 1. The highest BCUT2D eigenvalue weighted by Crippen LogP contribution is 2.47. The van der Waals surface area contributed by atoms with E-state index in [4.69, 9.17) is 10.2 Å². The lowest BCUT2D eigenvalue weighted by molar-refractivity contribution is -0.384. The molecule has 1 aromatic carbocycles. The van der Waals surface area contributed by atoms with Crippen molar-refractivity contribution in [3.63, 3.8) is 0 Å². The molecule has 0 saturated heterocycles. The average Bonchev–Trinajstić information content (AvgIpc) is 2.82. The van der Waals surface area contributed by atoms with Gasteiger partial charge in [0.2, 0.25) is 5.91 Å². The summed E-state index contributed by atoms with van der Waals surface area (Å²) in [6, 6.07) is 10.6. The Morgan fingerprint density at radius 3 is 2.55 bits per heavy atom. The number of nitrogens with zero attached hydrogens (tertiary/aromatic N) is 1. The second-order valence-electron chi connectivity index (χ2n) is 4.85. The maximum atomic E-state index is 11.6. The summed E-state index contributed by atoms with van der Waals surface area (Å²) >= 11 is 0. The highest BCUT2D eigenvalue weighted by Gasteiger charge is 2.32. The Balaban J connectivity index is 2.38. The lowest BCUT2D eigenvalue weighted by atomic mass is 10.0. The van der Waals surface area contributed by atoms with E-state index in [1.165, 1.54) is 12.5 Å². The van der Waals surface area contributed by atoms with Crippen LogP contribution < -0.4 is 5.73 Å². The van der Waals surface area contributed by atoms with Gasteiger partial charge >= 0.3 is 0 Å². The molecule has 0 spiro atoms. The predicted octanol–water partition coefficient (Wildman–Crippen LogP) is 2.99. The van der Waals surface area contributed by atoms with Crippen molar-refractivity contribution >= 4 is 11.6 Å². The van der Waals surface area contributed by atoms with E-state index in [2.05, 4.69) is 0 Å². The summed E-state index contributed by atoms with van der Waals surface area (Å²) in [6.07, 6.45) is 2.68. The fourth-order valence-electron chi connectivity index (χ4n) is 2.68.